The Labute approximate surface area is 250 Å². The number of likely N-dealkylation sites (tertiary alicyclic amines) is 1. The highest BCUT2D eigenvalue weighted by Gasteiger charge is 2.44. The fourth-order valence-electron chi connectivity index (χ4n) is 5.77. The predicted molar refractivity (Wildman–Crippen MR) is 162 cm³/mol. The molecule has 4 amide bonds. The summed E-state index contributed by atoms with van der Waals surface area (Å²) in [4.78, 5) is 45.5. The lowest BCUT2D eigenvalue weighted by molar-refractivity contribution is -0.136. The summed E-state index contributed by atoms with van der Waals surface area (Å²) in [7, 11) is 0. The van der Waals surface area contributed by atoms with Crippen LogP contribution in [-0.4, -0.2) is 70.0 Å². The average Bonchev–Trinajstić information content (AvgIpc) is 3.11. The van der Waals surface area contributed by atoms with Gasteiger partial charge in [-0.05, 0) is 55.4 Å². The van der Waals surface area contributed by atoms with Crippen LogP contribution in [0.2, 0.25) is 10.0 Å². The Morgan fingerprint density at radius 3 is 2.42 bits per heavy atom. The number of thioether (sulfide) groups is 1. The molecule has 2 aromatic rings. The van der Waals surface area contributed by atoms with Crippen molar-refractivity contribution >= 4 is 58.5 Å². The van der Waals surface area contributed by atoms with Crippen molar-refractivity contribution in [2.45, 2.75) is 62.6 Å². The number of carbonyl (C=O) groups is 3. The third kappa shape index (κ3) is 6.24. The van der Waals surface area contributed by atoms with Gasteiger partial charge in [0.25, 0.3) is 0 Å². The van der Waals surface area contributed by atoms with Crippen LogP contribution in [-0.2, 0) is 16.0 Å². The zero-order valence-electron chi connectivity index (χ0n) is 22.9. The Morgan fingerprint density at radius 1 is 1.02 bits per heavy atom. The maximum atomic E-state index is 13.6. The largest absolute Gasteiger partial charge is 0.342 e. The minimum atomic E-state index is -0.482. The van der Waals surface area contributed by atoms with E-state index in [9.17, 15) is 14.4 Å². The van der Waals surface area contributed by atoms with Crippen molar-refractivity contribution in [2.24, 2.45) is 5.92 Å². The van der Waals surface area contributed by atoms with Gasteiger partial charge in [0.2, 0.25) is 11.8 Å². The summed E-state index contributed by atoms with van der Waals surface area (Å²) in [5, 5.41) is 3.31. The third-order valence-electron chi connectivity index (χ3n) is 8.09. The first-order valence-electron chi connectivity index (χ1n) is 14.1. The van der Waals surface area contributed by atoms with Crippen LogP contribution >= 0.6 is 35.0 Å². The van der Waals surface area contributed by atoms with Crippen LogP contribution in [0.15, 0.2) is 42.5 Å². The minimum absolute atomic E-state index is 0.0215. The van der Waals surface area contributed by atoms with Gasteiger partial charge in [-0.25, -0.2) is 4.79 Å². The number of fused-ring (bicyclic) bond motifs is 1. The molecular weight excluding hydrogens is 567 g/mol. The van der Waals surface area contributed by atoms with Crippen LogP contribution in [0.1, 0.15) is 56.0 Å². The molecule has 214 valence electrons. The molecule has 7 nitrogen and oxygen atoms in total. The third-order valence-corrected chi connectivity index (χ3v) is 10.2. The number of rotatable bonds is 7. The van der Waals surface area contributed by atoms with Crippen LogP contribution in [0.25, 0.3) is 0 Å². The van der Waals surface area contributed by atoms with Crippen molar-refractivity contribution in [3.8, 4) is 0 Å². The number of benzene rings is 2. The molecule has 2 atom stereocenters. The van der Waals surface area contributed by atoms with Gasteiger partial charge in [-0.1, -0.05) is 61.3 Å². The second kappa shape index (κ2) is 12.6. The molecule has 40 heavy (non-hydrogen) atoms. The molecule has 2 saturated heterocycles. The second-order valence-electron chi connectivity index (χ2n) is 11.2. The molecule has 1 N–H and O–H groups in total. The van der Waals surface area contributed by atoms with E-state index < -0.39 is 5.25 Å². The predicted octanol–water partition coefficient (Wildman–Crippen LogP) is 6.45. The molecule has 3 aliphatic heterocycles. The normalized spacial score (nSPS) is 22.0. The second-order valence-corrected chi connectivity index (χ2v) is 13.3. The molecule has 3 heterocycles. The van der Waals surface area contributed by atoms with Crippen molar-refractivity contribution in [3.63, 3.8) is 0 Å². The van der Waals surface area contributed by atoms with Crippen molar-refractivity contribution in [1.29, 1.82) is 0 Å². The van der Waals surface area contributed by atoms with Gasteiger partial charge in [0.1, 0.15) is 5.37 Å². The number of hydrogen-bond donors (Lipinski definition) is 1. The van der Waals surface area contributed by atoms with Crippen LogP contribution in [0.5, 0.6) is 0 Å². The smallest absolute Gasteiger partial charge is 0.322 e. The maximum Gasteiger partial charge on any atom is 0.322 e. The summed E-state index contributed by atoms with van der Waals surface area (Å²) >= 11 is 14.6. The molecule has 0 aromatic heterocycles. The van der Waals surface area contributed by atoms with Crippen molar-refractivity contribution in [3.05, 3.63) is 63.6 Å². The van der Waals surface area contributed by atoms with Crippen LogP contribution in [0.3, 0.4) is 0 Å². The molecule has 0 spiro atoms. The zero-order valence-corrected chi connectivity index (χ0v) is 25.3. The number of nitrogens with zero attached hydrogens (tertiary/aromatic N) is 3. The van der Waals surface area contributed by atoms with E-state index in [1.807, 2.05) is 32.9 Å². The summed E-state index contributed by atoms with van der Waals surface area (Å²) in [5.41, 5.74) is 2.75. The Morgan fingerprint density at radius 2 is 1.73 bits per heavy atom. The first-order chi connectivity index (χ1) is 19.2. The van der Waals surface area contributed by atoms with E-state index >= 15 is 0 Å². The Bertz CT molecular complexity index is 1250. The number of nitrogens with one attached hydrogen (secondary N) is 1. The Kier molecular flexibility index (Phi) is 9.18. The van der Waals surface area contributed by atoms with Gasteiger partial charge in [0.05, 0.1) is 5.25 Å². The monoisotopic (exact) mass is 602 g/mol. The van der Waals surface area contributed by atoms with E-state index in [0.717, 1.165) is 42.5 Å². The molecule has 10 heteroatoms. The molecule has 2 unspecified atom stereocenters. The standard InChI is InChI=1S/C30H36Cl2N4O3S/c1-19(2)10-16-36-28(38)25(40-29(36)27-22(31)7-5-8-23(27)32)18-26(37)34-14-12-21(13-15-34)35-17-11-20-6-3-4-9-24(20)33-30(35)39/h3-9,19,21,25,29H,10-18H2,1-2H3,(H,33,39). The average molecular weight is 604 g/mol. The van der Waals surface area contributed by atoms with Gasteiger partial charge in [-0.2, -0.15) is 0 Å². The number of piperidine rings is 1. The molecule has 0 saturated carbocycles. The molecule has 2 fully saturated rings. The summed E-state index contributed by atoms with van der Waals surface area (Å²) in [6.07, 6.45) is 3.25. The lowest BCUT2D eigenvalue weighted by Crippen LogP contribution is -2.50. The van der Waals surface area contributed by atoms with E-state index in [1.54, 1.807) is 18.2 Å². The molecular formula is C30H36Cl2N4O3S. The SMILES string of the molecule is CC(C)CCN1C(=O)C(CC(=O)N2CCC(N3CCc4ccccc4NC3=O)CC2)SC1c1c(Cl)cccc1Cl. The number of carbonyl (C=O) groups excluding carboxylic acids is 3. The van der Waals surface area contributed by atoms with E-state index in [0.29, 0.717) is 42.1 Å². The maximum absolute atomic E-state index is 13.6. The highest BCUT2D eigenvalue weighted by molar-refractivity contribution is 8.01. The van der Waals surface area contributed by atoms with E-state index in [4.69, 9.17) is 23.2 Å². The van der Waals surface area contributed by atoms with E-state index in [2.05, 4.69) is 25.2 Å². The van der Waals surface area contributed by atoms with Crippen molar-refractivity contribution in [2.75, 3.05) is 31.5 Å². The first kappa shape index (κ1) is 29.1. The van der Waals surface area contributed by atoms with Crippen molar-refractivity contribution < 1.29 is 14.4 Å². The number of urea groups is 1. The number of anilines is 1. The highest BCUT2D eigenvalue weighted by Crippen LogP contribution is 2.48. The highest BCUT2D eigenvalue weighted by atomic mass is 35.5. The lowest BCUT2D eigenvalue weighted by Gasteiger charge is -2.38. The number of halogens is 2. The summed E-state index contributed by atoms with van der Waals surface area (Å²) in [5.74, 6) is 0.380. The van der Waals surface area contributed by atoms with E-state index in [1.165, 1.54) is 11.8 Å². The number of amides is 4. The van der Waals surface area contributed by atoms with Gasteiger partial charge < -0.3 is 20.0 Å². The fraction of sp³-hybridized carbons (Fsp3) is 0.500. The summed E-state index contributed by atoms with van der Waals surface area (Å²) in [6, 6.07) is 13.3. The number of hydrogen-bond acceptors (Lipinski definition) is 4. The number of para-hydroxylation sites is 1. The fourth-order valence-corrected chi connectivity index (χ4v) is 8.05. The minimum Gasteiger partial charge on any atom is -0.342 e. The Balaban J connectivity index is 1.21. The molecule has 2 aromatic carbocycles. The molecule has 5 rings (SSSR count). The molecule has 0 radical (unpaired) electrons. The zero-order chi connectivity index (χ0) is 28.4. The van der Waals surface area contributed by atoms with Crippen molar-refractivity contribution in [1.82, 2.24) is 14.7 Å². The quantitative estimate of drug-likeness (QED) is 0.395. The summed E-state index contributed by atoms with van der Waals surface area (Å²) in [6.45, 7) is 6.65. The van der Waals surface area contributed by atoms with Crippen LogP contribution in [0.4, 0.5) is 10.5 Å². The molecule has 3 aliphatic rings. The van der Waals surface area contributed by atoms with Gasteiger partial charge in [0.15, 0.2) is 0 Å². The first-order valence-corrected chi connectivity index (χ1v) is 15.8. The molecule has 0 bridgehead atoms. The summed E-state index contributed by atoms with van der Waals surface area (Å²) < 4.78 is 0. The van der Waals surface area contributed by atoms with E-state index in [-0.39, 0.29) is 35.7 Å². The topological polar surface area (TPSA) is 73.0 Å². The van der Waals surface area contributed by atoms with Gasteiger partial charge in [-0.15, -0.1) is 11.8 Å². The van der Waals surface area contributed by atoms with Crippen LogP contribution in [0, 0.1) is 5.92 Å². The lowest BCUT2D eigenvalue weighted by atomic mass is 10.0. The van der Waals surface area contributed by atoms with Gasteiger partial charge in [0, 0.05) is 59.9 Å². The van der Waals surface area contributed by atoms with Crippen LogP contribution < -0.4 is 5.32 Å². The van der Waals surface area contributed by atoms with Gasteiger partial charge >= 0.3 is 6.03 Å². The van der Waals surface area contributed by atoms with Gasteiger partial charge in [-0.3, -0.25) is 9.59 Å². The molecule has 0 aliphatic carbocycles. The Hall–Kier alpha value is -2.42.